The van der Waals surface area contributed by atoms with Crippen LogP contribution in [0, 0.1) is 13.8 Å². The van der Waals surface area contributed by atoms with Gasteiger partial charge in [-0.05, 0) is 56.3 Å². The molecule has 0 atom stereocenters. The van der Waals surface area contributed by atoms with Crippen molar-refractivity contribution in [3.63, 3.8) is 0 Å². The number of ether oxygens (including phenoxy) is 1. The summed E-state index contributed by atoms with van der Waals surface area (Å²) in [5.74, 6) is 1.58. The second-order valence-electron chi connectivity index (χ2n) is 4.88. The predicted molar refractivity (Wildman–Crippen MR) is 81.1 cm³/mol. The van der Waals surface area contributed by atoms with Crippen LogP contribution >= 0.6 is 0 Å². The SMILES string of the molecule is Cc1cc(C)nc(Oc2ccc(-c3ccc(C=O)o3)cc2)n1. The maximum Gasteiger partial charge on any atom is 0.322 e. The summed E-state index contributed by atoms with van der Waals surface area (Å²) in [4.78, 5) is 19.1. The highest BCUT2D eigenvalue weighted by molar-refractivity contribution is 5.72. The van der Waals surface area contributed by atoms with Gasteiger partial charge in [0.05, 0.1) is 0 Å². The van der Waals surface area contributed by atoms with Gasteiger partial charge in [-0.2, -0.15) is 0 Å². The summed E-state index contributed by atoms with van der Waals surface area (Å²) in [7, 11) is 0. The van der Waals surface area contributed by atoms with Crippen molar-refractivity contribution < 1.29 is 13.9 Å². The molecule has 2 aromatic heterocycles. The fraction of sp³-hybridized carbons (Fsp3) is 0.118. The zero-order valence-electron chi connectivity index (χ0n) is 12.2. The van der Waals surface area contributed by atoms with Gasteiger partial charge in [0.15, 0.2) is 12.0 Å². The molecule has 0 fully saturated rings. The van der Waals surface area contributed by atoms with Gasteiger partial charge < -0.3 is 9.15 Å². The van der Waals surface area contributed by atoms with Crippen LogP contribution in [-0.2, 0) is 0 Å². The average molecular weight is 294 g/mol. The van der Waals surface area contributed by atoms with Crippen LogP contribution in [0.3, 0.4) is 0 Å². The zero-order chi connectivity index (χ0) is 15.5. The van der Waals surface area contributed by atoms with E-state index in [0.717, 1.165) is 17.0 Å². The molecule has 0 amide bonds. The smallest absolute Gasteiger partial charge is 0.322 e. The van der Waals surface area contributed by atoms with Crippen LogP contribution in [0.5, 0.6) is 11.8 Å². The number of aryl methyl sites for hydroxylation is 2. The Morgan fingerprint density at radius 2 is 1.68 bits per heavy atom. The van der Waals surface area contributed by atoms with E-state index in [4.69, 9.17) is 9.15 Å². The highest BCUT2D eigenvalue weighted by Gasteiger charge is 2.06. The molecule has 3 aromatic rings. The minimum absolute atomic E-state index is 0.305. The van der Waals surface area contributed by atoms with Gasteiger partial charge in [0.25, 0.3) is 0 Å². The topological polar surface area (TPSA) is 65.2 Å². The molecule has 0 spiro atoms. The molecule has 0 radical (unpaired) electrons. The molecule has 5 heteroatoms. The number of hydrogen-bond donors (Lipinski definition) is 0. The number of carbonyl (C=O) groups excluding carboxylic acids is 1. The van der Waals surface area contributed by atoms with Crippen LogP contribution in [0.25, 0.3) is 11.3 Å². The Bertz CT molecular complexity index is 787. The number of carbonyl (C=O) groups is 1. The molecule has 5 nitrogen and oxygen atoms in total. The maximum atomic E-state index is 10.6. The molecule has 2 heterocycles. The van der Waals surface area contributed by atoms with Crippen LogP contribution in [0.4, 0.5) is 0 Å². The van der Waals surface area contributed by atoms with E-state index < -0.39 is 0 Å². The molecule has 0 aliphatic carbocycles. The Labute approximate surface area is 127 Å². The summed E-state index contributed by atoms with van der Waals surface area (Å²) in [6.45, 7) is 3.79. The summed E-state index contributed by atoms with van der Waals surface area (Å²) < 4.78 is 11.0. The molecule has 0 aliphatic rings. The van der Waals surface area contributed by atoms with Gasteiger partial charge in [-0.1, -0.05) is 0 Å². The molecule has 0 unspecified atom stereocenters. The Morgan fingerprint density at radius 3 is 2.27 bits per heavy atom. The normalized spacial score (nSPS) is 10.5. The van der Waals surface area contributed by atoms with E-state index in [0.29, 0.717) is 29.6 Å². The summed E-state index contributed by atoms with van der Waals surface area (Å²) in [5, 5.41) is 0. The summed E-state index contributed by atoms with van der Waals surface area (Å²) >= 11 is 0. The minimum atomic E-state index is 0.305. The van der Waals surface area contributed by atoms with Crippen molar-refractivity contribution in [3.8, 4) is 23.1 Å². The molecule has 22 heavy (non-hydrogen) atoms. The number of nitrogens with zero attached hydrogens (tertiary/aromatic N) is 2. The number of rotatable bonds is 4. The van der Waals surface area contributed by atoms with E-state index in [1.54, 1.807) is 24.3 Å². The lowest BCUT2D eigenvalue weighted by molar-refractivity contribution is 0.110. The van der Waals surface area contributed by atoms with E-state index in [1.807, 2.05) is 32.0 Å². The van der Waals surface area contributed by atoms with Gasteiger partial charge in [-0.15, -0.1) is 0 Å². The Kier molecular flexibility index (Phi) is 3.70. The van der Waals surface area contributed by atoms with Gasteiger partial charge in [-0.3, -0.25) is 4.79 Å². The summed E-state index contributed by atoms with van der Waals surface area (Å²) in [6.07, 6.45) is 0.679. The number of aldehydes is 1. The van der Waals surface area contributed by atoms with Crippen molar-refractivity contribution in [2.75, 3.05) is 0 Å². The van der Waals surface area contributed by atoms with Crippen molar-refractivity contribution in [2.24, 2.45) is 0 Å². The summed E-state index contributed by atoms with van der Waals surface area (Å²) in [6, 6.07) is 12.9. The van der Waals surface area contributed by atoms with Crippen molar-refractivity contribution in [2.45, 2.75) is 13.8 Å². The molecule has 110 valence electrons. The second-order valence-corrected chi connectivity index (χ2v) is 4.88. The van der Waals surface area contributed by atoms with Crippen LogP contribution in [-0.4, -0.2) is 16.3 Å². The lowest BCUT2D eigenvalue weighted by atomic mass is 10.2. The van der Waals surface area contributed by atoms with Gasteiger partial charge in [0.2, 0.25) is 0 Å². The second kappa shape index (κ2) is 5.81. The van der Waals surface area contributed by atoms with Crippen LogP contribution in [0.2, 0.25) is 0 Å². The highest BCUT2D eigenvalue weighted by Crippen LogP contribution is 2.25. The molecule has 0 bridgehead atoms. The van der Waals surface area contributed by atoms with Crippen molar-refractivity contribution in [1.82, 2.24) is 9.97 Å². The van der Waals surface area contributed by atoms with E-state index in [-0.39, 0.29) is 0 Å². The van der Waals surface area contributed by atoms with E-state index >= 15 is 0 Å². The van der Waals surface area contributed by atoms with Crippen LogP contribution in [0.15, 0.2) is 46.9 Å². The third kappa shape index (κ3) is 3.03. The third-order valence-corrected chi connectivity index (χ3v) is 3.05. The van der Waals surface area contributed by atoms with E-state index in [9.17, 15) is 4.79 Å². The first-order valence-electron chi connectivity index (χ1n) is 6.79. The fourth-order valence-corrected chi connectivity index (χ4v) is 2.10. The summed E-state index contributed by atoms with van der Waals surface area (Å²) in [5.41, 5.74) is 2.58. The first-order chi connectivity index (χ1) is 10.6. The highest BCUT2D eigenvalue weighted by atomic mass is 16.5. The Hall–Kier alpha value is -2.95. The van der Waals surface area contributed by atoms with Crippen molar-refractivity contribution in [1.29, 1.82) is 0 Å². The molecule has 3 rings (SSSR count). The van der Waals surface area contributed by atoms with Crippen molar-refractivity contribution >= 4 is 6.29 Å². The monoisotopic (exact) mass is 294 g/mol. The molecule has 0 saturated carbocycles. The van der Waals surface area contributed by atoms with Gasteiger partial charge in [0, 0.05) is 17.0 Å². The molecule has 1 aromatic carbocycles. The van der Waals surface area contributed by atoms with Crippen LogP contribution in [0.1, 0.15) is 21.9 Å². The van der Waals surface area contributed by atoms with Gasteiger partial charge in [0.1, 0.15) is 11.5 Å². The Morgan fingerprint density at radius 1 is 1.00 bits per heavy atom. The first kappa shape index (κ1) is 14.0. The third-order valence-electron chi connectivity index (χ3n) is 3.05. The lowest BCUT2D eigenvalue weighted by Crippen LogP contribution is -1.95. The van der Waals surface area contributed by atoms with Gasteiger partial charge >= 0.3 is 6.01 Å². The largest absolute Gasteiger partial charge is 0.453 e. The quantitative estimate of drug-likeness (QED) is 0.681. The Balaban J connectivity index is 1.80. The average Bonchev–Trinajstić information content (AvgIpc) is 2.96. The molecular formula is C17H14N2O3. The number of benzene rings is 1. The predicted octanol–water partition coefficient (Wildman–Crippen LogP) is 3.96. The molecule has 0 N–H and O–H groups in total. The lowest BCUT2D eigenvalue weighted by Gasteiger charge is -2.06. The van der Waals surface area contributed by atoms with Crippen LogP contribution < -0.4 is 4.74 Å². The van der Waals surface area contributed by atoms with E-state index in [1.165, 1.54) is 0 Å². The number of hydrogen-bond acceptors (Lipinski definition) is 5. The van der Waals surface area contributed by atoms with Gasteiger partial charge in [-0.25, -0.2) is 9.97 Å². The minimum Gasteiger partial charge on any atom is -0.453 e. The molecular weight excluding hydrogens is 280 g/mol. The van der Waals surface area contributed by atoms with E-state index in [2.05, 4.69) is 9.97 Å². The van der Waals surface area contributed by atoms with Crippen molar-refractivity contribution in [3.05, 3.63) is 59.6 Å². The maximum absolute atomic E-state index is 10.6. The molecule has 0 saturated heterocycles. The number of furan rings is 1. The molecule has 0 aliphatic heterocycles. The standard InChI is InChI=1S/C17H14N2O3/c1-11-9-12(2)19-17(18-11)22-14-5-3-13(4-6-14)16-8-7-15(10-20)21-16/h3-10H,1-2H3. The first-order valence-corrected chi connectivity index (χ1v) is 6.79. The zero-order valence-corrected chi connectivity index (χ0v) is 12.2. The number of aromatic nitrogens is 2. The fourth-order valence-electron chi connectivity index (χ4n) is 2.10.